The molecule has 1 heterocycles. The maximum absolute atomic E-state index is 13.0. The molecule has 5 heteroatoms. The van der Waals surface area contributed by atoms with E-state index in [1.807, 2.05) is 18.2 Å². The topological polar surface area (TPSA) is 48.1 Å². The van der Waals surface area contributed by atoms with Gasteiger partial charge in [-0.15, -0.1) is 0 Å². The lowest BCUT2D eigenvalue weighted by Crippen LogP contribution is -2.44. The fraction of sp³-hybridized carbons (Fsp3) is 0.458. The molecule has 4 nitrogen and oxygen atoms in total. The van der Waals surface area contributed by atoms with E-state index in [9.17, 15) is 4.79 Å². The third-order valence-corrected chi connectivity index (χ3v) is 10.9. The van der Waals surface area contributed by atoms with Crippen molar-refractivity contribution in [3.05, 3.63) is 64.7 Å². The number of carbonyl (C=O) groups excluding carboxylic acids is 1. The van der Waals surface area contributed by atoms with Crippen LogP contribution in [0.25, 0.3) is 0 Å². The third-order valence-electron chi connectivity index (χ3n) is 6.44. The van der Waals surface area contributed by atoms with E-state index in [2.05, 4.69) is 65.1 Å². The number of hydrogen-bond acceptors (Lipinski definition) is 4. The predicted octanol–water partition coefficient (Wildman–Crippen LogP) is 5.60. The standard InChI is InChI=1S/C24H30O4Si/c1-15-10-12-16(13-11-15)14-26-18-9-7-8-17-19(18)20(25)22-23(27-22)21(17)28-29(5,6)24(2,3)4/h7-13,21-23H,14H2,1-6H3/t21-,22+,23-/m1/s1. The predicted molar refractivity (Wildman–Crippen MR) is 116 cm³/mol. The largest absolute Gasteiger partial charge is 0.488 e. The van der Waals surface area contributed by atoms with Gasteiger partial charge in [-0.05, 0) is 42.2 Å². The van der Waals surface area contributed by atoms with Crippen LogP contribution < -0.4 is 4.74 Å². The van der Waals surface area contributed by atoms with Crippen LogP contribution >= 0.6 is 0 Å². The van der Waals surface area contributed by atoms with Gasteiger partial charge >= 0.3 is 0 Å². The Morgan fingerprint density at radius 2 is 1.76 bits per heavy atom. The maximum atomic E-state index is 13.0. The first kappa shape index (κ1) is 20.3. The minimum Gasteiger partial charge on any atom is -0.488 e. The van der Waals surface area contributed by atoms with Gasteiger partial charge in [0.05, 0.1) is 5.56 Å². The van der Waals surface area contributed by atoms with Crippen molar-refractivity contribution in [2.45, 2.75) is 70.7 Å². The Morgan fingerprint density at radius 1 is 1.07 bits per heavy atom. The average molecular weight is 411 g/mol. The minimum absolute atomic E-state index is 0.0135. The molecule has 1 aliphatic heterocycles. The summed E-state index contributed by atoms with van der Waals surface area (Å²) in [4.78, 5) is 13.0. The summed E-state index contributed by atoms with van der Waals surface area (Å²) in [5.74, 6) is 0.630. The molecular weight excluding hydrogens is 380 g/mol. The van der Waals surface area contributed by atoms with Crippen LogP contribution in [0.3, 0.4) is 0 Å². The highest BCUT2D eigenvalue weighted by Crippen LogP contribution is 2.50. The van der Waals surface area contributed by atoms with Crippen molar-refractivity contribution in [3.63, 3.8) is 0 Å². The van der Waals surface area contributed by atoms with E-state index >= 15 is 0 Å². The number of fused-ring (bicyclic) bond motifs is 2. The zero-order valence-corrected chi connectivity index (χ0v) is 19.1. The van der Waals surface area contributed by atoms with Gasteiger partial charge in [0.25, 0.3) is 0 Å². The van der Waals surface area contributed by atoms with Crippen LogP contribution in [0.15, 0.2) is 42.5 Å². The molecule has 2 aromatic rings. The number of hydrogen-bond donors (Lipinski definition) is 0. The summed E-state index contributed by atoms with van der Waals surface area (Å²) < 4.78 is 18.6. The van der Waals surface area contributed by atoms with Gasteiger partial charge in [-0.25, -0.2) is 0 Å². The van der Waals surface area contributed by atoms with E-state index in [4.69, 9.17) is 13.9 Å². The molecule has 0 spiro atoms. The number of epoxide rings is 1. The fourth-order valence-electron chi connectivity index (χ4n) is 3.52. The van der Waals surface area contributed by atoms with E-state index in [-0.39, 0.29) is 23.0 Å². The second-order valence-corrected chi connectivity index (χ2v) is 14.4. The number of carbonyl (C=O) groups is 1. The maximum Gasteiger partial charge on any atom is 0.198 e. The Bertz CT molecular complexity index is 927. The Labute approximate surface area is 174 Å². The molecule has 4 rings (SSSR count). The van der Waals surface area contributed by atoms with Crippen molar-refractivity contribution in [1.29, 1.82) is 0 Å². The molecule has 3 atom stereocenters. The summed E-state index contributed by atoms with van der Waals surface area (Å²) in [5.41, 5.74) is 3.82. The Kier molecular flexibility index (Phi) is 4.96. The van der Waals surface area contributed by atoms with Gasteiger partial charge < -0.3 is 13.9 Å². The lowest BCUT2D eigenvalue weighted by Gasteiger charge is -2.40. The first-order valence-electron chi connectivity index (χ1n) is 10.3. The number of benzene rings is 2. The van der Waals surface area contributed by atoms with Crippen LogP contribution in [0.2, 0.25) is 18.1 Å². The first-order chi connectivity index (χ1) is 13.6. The molecule has 0 aromatic heterocycles. The Morgan fingerprint density at radius 3 is 2.41 bits per heavy atom. The van der Waals surface area contributed by atoms with Crippen molar-refractivity contribution in [2.75, 3.05) is 0 Å². The highest BCUT2D eigenvalue weighted by atomic mass is 28.4. The number of rotatable bonds is 5. The summed E-state index contributed by atoms with van der Waals surface area (Å²) in [7, 11) is -2.02. The molecular formula is C24H30O4Si. The molecule has 154 valence electrons. The van der Waals surface area contributed by atoms with E-state index < -0.39 is 14.4 Å². The molecule has 0 N–H and O–H groups in total. The number of Topliss-reactive ketones (excluding diaryl/α,β-unsaturated/α-hetero) is 1. The highest BCUT2D eigenvalue weighted by Gasteiger charge is 2.58. The molecule has 0 unspecified atom stereocenters. The van der Waals surface area contributed by atoms with E-state index in [1.54, 1.807) is 0 Å². The summed E-state index contributed by atoms with van der Waals surface area (Å²) in [6.07, 6.45) is -0.783. The molecule has 1 saturated heterocycles. The molecule has 29 heavy (non-hydrogen) atoms. The quantitative estimate of drug-likeness (QED) is 0.475. The lowest BCUT2D eigenvalue weighted by molar-refractivity contribution is 0.0938. The third kappa shape index (κ3) is 3.79. The Balaban J connectivity index is 1.63. The van der Waals surface area contributed by atoms with Gasteiger partial charge in [-0.2, -0.15) is 0 Å². The lowest BCUT2D eigenvalue weighted by atomic mass is 9.88. The van der Waals surface area contributed by atoms with Gasteiger partial charge in [-0.1, -0.05) is 62.7 Å². The normalized spacial score (nSPS) is 23.4. The highest BCUT2D eigenvalue weighted by molar-refractivity contribution is 6.74. The second-order valence-electron chi connectivity index (χ2n) is 9.68. The Hall–Kier alpha value is -1.95. The SMILES string of the molecule is Cc1ccc(COc2cccc3c2C(=O)[C@@H]2O[C@@H]2[C@@H]3O[Si](C)(C)C(C)(C)C)cc1. The van der Waals surface area contributed by atoms with Gasteiger partial charge in [-0.3, -0.25) is 4.79 Å². The molecule has 0 radical (unpaired) electrons. The van der Waals surface area contributed by atoms with E-state index in [1.165, 1.54) is 5.56 Å². The average Bonchev–Trinajstić information content (AvgIpc) is 3.44. The summed E-state index contributed by atoms with van der Waals surface area (Å²) in [5, 5.41) is 0.0819. The molecule has 2 aromatic carbocycles. The number of aryl methyl sites for hydroxylation is 1. The van der Waals surface area contributed by atoms with Crippen molar-refractivity contribution in [1.82, 2.24) is 0 Å². The first-order valence-corrected chi connectivity index (χ1v) is 13.2. The number of ketones is 1. The fourth-order valence-corrected chi connectivity index (χ4v) is 4.77. The molecule has 1 aliphatic carbocycles. The second kappa shape index (κ2) is 7.08. The van der Waals surface area contributed by atoms with Crippen molar-refractivity contribution < 1.29 is 18.7 Å². The van der Waals surface area contributed by atoms with Gasteiger partial charge in [0.1, 0.15) is 24.6 Å². The van der Waals surface area contributed by atoms with Gasteiger partial charge in [0.2, 0.25) is 0 Å². The summed E-state index contributed by atoms with van der Waals surface area (Å²) in [6, 6.07) is 14.0. The van der Waals surface area contributed by atoms with Crippen LogP contribution in [-0.4, -0.2) is 26.3 Å². The van der Waals surface area contributed by atoms with Crippen LogP contribution in [0.1, 0.15) is 53.9 Å². The molecule has 2 aliphatic rings. The van der Waals surface area contributed by atoms with Gasteiger partial charge in [0, 0.05) is 0 Å². The monoisotopic (exact) mass is 410 g/mol. The minimum atomic E-state index is -2.02. The summed E-state index contributed by atoms with van der Waals surface area (Å²) >= 11 is 0. The van der Waals surface area contributed by atoms with Crippen LogP contribution in [0.5, 0.6) is 5.75 Å². The number of ether oxygens (including phenoxy) is 2. The van der Waals surface area contributed by atoms with Crippen molar-refractivity contribution in [2.24, 2.45) is 0 Å². The molecule has 1 fully saturated rings. The molecule has 0 bridgehead atoms. The molecule has 0 amide bonds. The summed E-state index contributed by atoms with van der Waals surface area (Å²) in [6.45, 7) is 13.6. The zero-order valence-electron chi connectivity index (χ0n) is 18.1. The zero-order chi connectivity index (χ0) is 21.0. The van der Waals surface area contributed by atoms with E-state index in [0.717, 1.165) is 11.1 Å². The van der Waals surface area contributed by atoms with Crippen LogP contribution in [0.4, 0.5) is 0 Å². The van der Waals surface area contributed by atoms with Crippen LogP contribution in [-0.2, 0) is 15.8 Å². The smallest absolute Gasteiger partial charge is 0.198 e. The van der Waals surface area contributed by atoms with Gasteiger partial charge in [0.15, 0.2) is 20.2 Å². The molecule has 0 saturated carbocycles. The van der Waals surface area contributed by atoms with Crippen molar-refractivity contribution in [3.8, 4) is 5.75 Å². The van der Waals surface area contributed by atoms with E-state index in [0.29, 0.717) is 17.9 Å². The van der Waals surface area contributed by atoms with Crippen molar-refractivity contribution >= 4 is 14.1 Å². The van der Waals surface area contributed by atoms with Crippen LogP contribution in [0, 0.1) is 6.92 Å².